The Morgan fingerprint density at radius 2 is 2.33 bits per heavy atom. The third-order valence-corrected chi connectivity index (χ3v) is 2.61. The Morgan fingerprint density at radius 1 is 1.52 bits per heavy atom. The molecule has 21 heavy (non-hydrogen) atoms. The fourth-order valence-corrected chi connectivity index (χ4v) is 1.72. The maximum Gasteiger partial charge on any atom is 0.341 e. The average molecular weight is 291 g/mol. The maximum absolute atomic E-state index is 11.9. The minimum absolute atomic E-state index is 0.287. The average Bonchev–Trinajstić information content (AvgIpc) is 2.86. The standard InChI is InChI=1S/C13H17N5O3/c1-3-20-13(19)10-6-9(14)7-16-12(10)15-5-4-11-17-8(2)21-18-11/h6-7H,3-5,14H2,1-2H3,(H,15,16). The van der Waals surface area contributed by atoms with Crippen molar-refractivity contribution in [1.29, 1.82) is 0 Å². The van der Waals surface area contributed by atoms with Crippen molar-refractivity contribution < 1.29 is 14.1 Å². The number of carbonyl (C=O) groups is 1. The third-order valence-electron chi connectivity index (χ3n) is 2.61. The van der Waals surface area contributed by atoms with Crippen LogP contribution in [0.3, 0.4) is 0 Å². The maximum atomic E-state index is 11.9. The zero-order valence-electron chi connectivity index (χ0n) is 11.9. The van der Waals surface area contributed by atoms with Crippen molar-refractivity contribution in [2.24, 2.45) is 0 Å². The summed E-state index contributed by atoms with van der Waals surface area (Å²) < 4.78 is 9.86. The van der Waals surface area contributed by atoms with Gasteiger partial charge in [0.05, 0.1) is 18.5 Å². The fraction of sp³-hybridized carbons (Fsp3) is 0.385. The Hall–Kier alpha value is -2.64. The number of ether oxygens (including phenoxy) is 1. The molecule has 0 aliphatic heterocycles. The number of aromatic nitrogens is 3. The summed E-state index contributed by atoms with van der Waals surface area (Å²) in [6.07, 6.45) is 2.02. The van der Waals surface area contributed by atoms with E-state index < -0.39 is 5.97 Å². The highest BCUT2D eigenvalue weighted by molar-refractivity contribution is 5.95. The number of anilines is 2. The minimum Gasteiger partial charge on any atom is -0.462 e. The minimum atomic E-state index is -0.463. The molecular weight excluding hydrogens is 274 g/mol. The first-order valence-electron chi connectivity index (χ1n) is 6.56. The monoisotopic (exact) mass is 291 g/mol. The lowest BCUT2D eigenvalue weighted by Gasteiger charge is -2.10. The van der Waals surface area contributed by atoms with Crippen LogP contribution in [0.15, 0.2) is 16.8 Å². The van der Waals surface area contributed by atoms with E-state index in [0.717, 1.165) is 0 Å². The second-order valence-electron chi connectivity index (χ2n) is 4.29. The van der Waals surface area contributed by atoms with Gasteiger partial charge in [-0.15, -0.1) is 0 Å². The molecule has 3 N–H and O–H groups in total. The van der Waals surface area contributed by atoms with E-state index in [2.05, 4.69) is 20.4 Å². The Morgan fingerprint density at radius 3 is 3.00 bits per heavy atom. The molecule has 0 saturated carbocycles. The molecule has 0 bridgehead atoms. The molecule has 0 fully saturated rings. The molecule has 0 aliphatic rings. The molecule has 0 amide bonds. The van der Waals surface area contributed by atoms with Crippen LogP contribution < -0.4 is 11.1 Å². The number of carbonyl (C=O) groups excluding carboxylic acids is 1. The summed E-state index contributed by atoms with van der Waals surface area (Å²) in [4.78, 5) is 20.1. The van der Waals surface area contributed by atoms with Gasteiger partial charge in [-0.05, 0) is 13.0 Å². The predicted octanol–water partition coefficient (Wildman–Crippen LogP) is 1.19. The number of hydrogen-bond acceptors (Lipinski definition) is 8. The van der Waals surface area contributed by atoms with Gasteiger partial charge in [0.25, 0.3) is 0 Å². The molecule has 0 unspecified atom stereocenters. The van der Waals surface area contributed by atoms with E-state index in [1.807, 2.05) is 0 Å². The van der Waals surface area contributed by atoms with E-state index >= 15 is 0 Å². The molecule has 0 saturated heterocycles. The zero-order chi connectivity index (χ0) is 15.2. The largest absolute Gasteiger partial charge is 0.462 e. The molecule has 0 atom stereocenters. The second-order valence-corrected chi connectivity index (χ2v) is 4.29. The molecule has 0 spiro atoms. The Kier molecular flexibility index (Phi) is 4.70. The highest BCUT2D eigenvalue weighted by atomic mass is 16.5. The Labute approximate surface area is 121 Å². The summed E-state index contributed by atoms with van der Waals surface area (Å²) in [6, 6.07) is 1.53. The van der Waals surface area contributed by atoms with Gasteiger partial charge in [0, 0.05) is 19.9 Å². The Bertz CT molecular complexity index is 626. The number of nitrogens with zero attached hydrogens (tertiary/aromatic N) is 3. The van der Waals surface area contributed by atoms with Gasteiger partial charge in [0.2, 0.25) is 5.89 Å². The van der Waals surface area contributed by atoms with Crippen LogP contribution >= 0.6 is 0 Å². The van der Waals surface area contributed by atoms with Crippen molar-refractivity contribution >= 4 is 17.5 Å². The molecule has 2 aromatic rings. The van der Waals surface area contributed by atoms with Crippen LogP contribution in [0, 0.1) is 6.92 Å². The summed E-state index contributed by atoms with van der Waals surface area (Å²) in [6.45, 7) is 4.26. The third kappa shape index (κ3) is 3.91. The number of nitrogens with two attached hydrogens (primary N) is 1. The SMILES string of the molecule is CCOC(=O)c1cc(N)cnc1NCCc1noc(C)n1. The van der Waals surface area contributed by atoms with Gasteiger partial charge >= 0.3 is 5.97 Å². The summed E-state index contributed by atoms with van der Waals surface area (Å²) in [5, 5.41) is 6.84. The van der Waals surface area contributed by atoms with E-state index in [1.165, 1.54) is 12.3 Å². The quantitative estimate of drug-likeness (QED) is 0.762. The van der Waals surface area contributed by atoms with Crippen molar-refractivity contribution in [2.75, 3.05) is 24.2 Å². The number of esters is 1. The zero-order valence-corrected chi connectivity index (χ0v) is 11.9. The second kappa shape index (κ2) is 6.69. The van der Waals surface area contributed by atoms with E-state index in [0.29, 0.717) is 41.7 Å². The lowest BCUT2D eigenvalue weighted by molar-refractivity contribution is 0.0527. The van der Waals surface area contributed by atoms with Crippen molar-refractivity contribution in [3.05, 3.63) is 29.5 Å². The lowest BCUT2D eigenvalue weighted by atomic mass is 10.2. The first-order valence-corrected chi connectivity index (χ1v) is 6.56. The number of aryl methyl sites for hydroxylation is 1. The molecular formula is C13H17N5O3. The summed E-state index contributed by atoms with van der Waals surface area (Å²) in [5.41, 5.74) is 6.36. The van der Waals surface area contributed by atoms with Gasteiger partial charge in [-0.25, -0.2) is 9.78 Å². The highest BCUT2D eigenvalue weighted by Crippen LogP contribution is 2.16. The van der Waals surface area contributed by atoms with Gasteiger partial charge in [0.15, 0.2) is 5.82 Å². The van der Waals surface area contributed by atoms with Crippen LogP contribution in [0.5, 0.6) is 0 Å². The molecule has 0 radical (unpaired) electrons. The first kappa shape index (κ1) is 14.8. The van der Waals surface area contributed by atoms with Gasteiger partial charge in [-0.2, -0.15) is 4.98 Å². The van der Waals surface area contributed by atoms with Crippen LogP contribution in [0.4, 0.5) is 11.5 Å². The highest BCUT2D eigenvalue weighted by Gasteiger charge is 2.14. The van der Waals surface area contributed by atoms with Crippen molar-refractivity contribution in [3.8, 4) is 0 Å². The normalized spacial score (nSPS) is 10.4. The summed E-state index contributed by atoms with van der Waals surface area (Å²) in [7, 11) is 0. The van der Waals surface area contributed by atoms with Crippen LogP contribution in [0.2, 0.25) is 0 Å². The summed E-state index contributed by atoms with van der Waals surface area (Å²) >= 11 is 0. The van der Waals surface area contributed by atoms with Crippen LogP contribution in [0.25, 0.3) is 0 Å². The predicted molar refractivity (Wildman–Crippen MR) is 75.8 cm³/mol. The molecule has 0 aliphatic carbocycles. The molecule has 8 heteroatoms. The van der Waals surface area contributed by atoms with Crippen molar-refractivity contribution in [3.63, 3.8) is 0 Å². The molecule has 2 rings (SSSR count). The van der Waals surface area contributed by atoms with E-state index in [-0.39, 0.29) is 6.61 Å². The van der Waals surface area contributed by atoms with Crippen LogP contribution in [-0.4, -0.2) is 34.2 Å². The van der Waals surface area contributed by atoms with Crippen molar-refractivity contribution in [2.45, 2.75) is 20.3 Å². The number of rotatable bonds is 6. The van der Waals surface area contributed by atoms with E-state index in [1.54, 1.807) is 13.8 Å². The van der Waals surface area contributed by atoms with E-state index in [4.69, 9.17) is 15.0 Å². The van der Waals surface area contributed by atoms with Crippen molar-refractivity contribution in [1.82, 2.24) is 15.1 Å². The molecule has 8 nitrogen and oxygen atoms in total. The molecule has 112 valence electrons. The van der Waals surface area contributed by atoms with Gasteiger partial charge in [0.1, 0.15) is 11.4 Å². The first-order chi connectivity index (χ1) is 10.1. The summed E-state index contributed by atoms with van der Waals surface area (Å²) in [5.74, 6) is 1.06. The fourth-order valence-electron chi connectivity index (χ4n) is 1.72. The van der Waals surface area contributed by atoms with Gasteiger partial charge in [-0.3, -0.25) is 0 Å². The smallest absolute Gasteiger partial charge is 0.341 e. The number of nitrogen functional groups attached to an aromatic ring is 1. The topological polar surface area (TPSA) is 116 Å². The van der Waals surface area contributed by atoms with Gasteiger partial charge < -0.3 is 20.3 Å². The van der Waals surface area contributed by atoms with E-state index in [9.17, 15) is 4.79 Å². The lowest BCUT2D eigenvalue weighted by Crippen LogP contribution is -2.14. The molecule has 2 heterocycles. The van der Waals surface area contributed by atoms with Gasteiger partial charge in [-0.1, -0.05) is 5.16 Å². The van der Waals surface area contributed by atoms with Crippen LogP contribution in [0.1, 0.15) is 29.0 Å². The number of nitrogens with one attached hydrogen (secondary N) is 1. The Balaban J connectivity index is 2.03. The number of pyridine rings is 1. The molecule has 2 aromatic heterocycles. The van der Waals surface area contributed by atoms with Crippen LogP contribution in [-0.2, 0) is 11.2 Å². The molecule has 0 aromatic carbocycles. The number of hydrogen-bond donors (Lipinski definition) is 2.